The van der Waals surface area contributed by atoms with E-state index in [0.717, 1.165) is 16.5 Å². The summed E-state index contributed by atoms with van der Waals surface area (Å²) in [7, 11) is 0. The van der Waals surface area contributed by atoms with Gasteiger partial charge in [-0.3, -0.25) is 15.1 Å². The fourth-order valence-corrected chi connectivity index (χ4v) is 1.91. The fourth-order valence-electron chi connectivity index (χ4n) is 1.91. The first-order valence-electron chi connectivity index (χ1n) is 6.80. The van der Waals surface area contributed by atoms with Gasteiger partial charge in [0.25, 0.3) is 5.91 Å². The van der Waals surface area contributed by atoms with E-state index in [4.69, 9.17) is 10.5 Å². The van der Waals surface area contributed by atoms with Gasteiger partial charge < -0.3 is 10.5 Å². The van der Waals surface area contributed by atoms with E-state index in [0.29, 0.717) is 0 Å². The molecule has 0 aliphatic carbocycles. The van der Waals surface area contributed by atoms with E-state index in [2.05, 4.69) is 4.98 Å². The standard InChI is InChI=1S/C16H15N3O4/c1-10(15(21)19-16(17)22)23-13(20)8-7-12-5-2-4-11-6-3-9-18-14(11)12/h2-10H,1H3,(H3,17,19,21,22)/b8-7+. The van der Waals surface area contributed by atoms with Crippen LogP contribution >= 0.6 is 0 Å². The molecule has 0 bridgehead atoms. The number of carbonyl (C=O) groups excluding carboxylic acids is 3. The molecular formula is C16H15N3O4. The summed E-state index contributed by atoms with van der Waals surface area (Å²) in [4.78, 5) is 38.0. The second kappa shape index (κ2) is 7.17. The van der Waals surface area contributed by atoms with Crippen LogP contribution in [-0.4, -0.2) is 29.0 Å². The molecule has 2 aromatic rings. The van der Waals surface area contributed by atoms with Crippen LogP contribution in [-0.2, 0) is 14.3 Å². The highest BCUT2D eigenvalue weighted by molar-refractivity contribution is 5.98. The van der Waals surface area contributed by atoms with Gasteiger partial charge in [-0.05, 0) is 19.1 Å². The number of hydrogen-bond donors (Lipinski definition) is 2. The van der Waals surface area contributed by atoms with E-state index < -0.39 is 24.0 Å². The normalized spacial score (nSPS) is 12.0. The molecule has 7 heteroatoms. The van der Waals surface area contributed by atoms with Crippen LogP contribution in [0.25, 0.3) is 17.0 Å². The molecule has 1 heterocycles. The van der Waals surface area contributed by atoms with E-state index in [1.54, 1.807) is 12.3 Å². The molecule has 23 heavy (non-hydrogen) atoms. The lowest BCUT2D eigenvalue weighted by atomic mass is 10.1. The summed E-state index contributed by atoms with van der Waals surface area (Å²) in [5.74, 6) is -1.50. The Morgan fingerprint density at radius 3 is 2.74 bits per heavy atom. The molecule has 3 N–H and O–H groups in total. The Labute approximate surface area is 132 Å². The third-order valence-corrected chi connectivity index (χ3v) is 2.97. The Morgan fingerprint density at radius 1 is 1.26 bits per heavy atom. The van der Waals surface area contributed by atoms with Crippen molar-refractivity contribution in [2.24, 2.45) is 5.73 Å². The molecule has 1 atom stereocenters. The van der Waals surface area contributed by atoms with Crippen molar-refractivity contribution in [1.29, 1.82) is 0 Å². The predicted molar refractivity (Wildman–Crippen MR) is 84.1 cm³/mol. The summed E-state index contributed by atoms with van der Waals surface area (Å²) in [6, 6.07) is 8.29. The molecule has 1 aromatic heterocycles. The van der Waals surface area contributed by atoms with Crippen molar-refractivity contribution in [2.45, 2.75) is 13.0 Å². The van der Waals surface area contributed by atoms with Crippen LogP contribution in [0.3, 0.4) is 0 Å². The lowest BCUT2D eigenvalue weighted by Gasteiger charge is -2.10. The number of nitrogens with zero attached hydrogens (tertiary/aromatic N) is 1. The average Bonchev–Trinajstić information content (AvgIpc) is 2.52. The third kappa shape index (κ3) is 4.37. The minimum Gasteiger partial charge on any atom is -0.449 e. The van der Waals surface area contributed by atoms with Crippen molar-refractivity contribution in [2.75, 3.05) is 0 Å². The number of benzene rings is 1. The van der Waals surface area contributed by atoms with Crippen molar-refractivity contribution < 1.29 is 19.1 Å². The number of hydrogen-bond acceptors (Lipinski definition) is 5. The molecule has 1 aromatic carbocycles. The first-order valence-corrected chi connectivity index (χ1v) is 6.80. The summed E-state index contributed by atoms with van der Waals surface area (Å²) in [5.41, 5.74) is 6.31. The van der Waals surface area contributed by atoms with Crippen LogP contribution in [0.1, 0.15) is 12.5 Å². The lowest BCUT2D eigenvalue weighted by molar-refractivity contribution is -0.149. The summed E-state index contributed by atoms with van der Waals surface area (Å²) < 4.78 is 4.88. The van der Waals surface area contributed by atoms with Crippen molar-refractivity contribution in [3.05, 3.63) is 48.2 Å². The number of nitrogens with two attached hydrogens (primary N) is 1. The molecule has 0 aliphatic heterocycles. The van der Waals surface area contributed by atoms with Crippen molar-refractivity contribution in [3.63, 3.8) is 0 Å². The number of fused-ring (bicyclic) bond motifs is 1. The quantitative estimate of drug-likeness (QED) is 0.654. The SMILES string of the molecule is CC(OC(=O)/C=C/c1cccc2cccnc12)C(=O)NC(N)=O. The zero-order chi connectivity index (χ0) is 16.8. The van der Waals surface area contributed by atoms with Gasteiger partial charge in [0.15, 0.2) is 6.10 Å². The van der Waals surface area contributed by atoms with Gasteiger partial charge >= 0.3 is 12.0 Å². The number of primary amides is 1. The van der Waals surface area contributed by atoms with E-state index in [9.17, 15) is 14.4 Å². The molecule has 118 valence electrons. The second-order valence-electron chi connectivity index (χ2n) is 4.69. The summed E-state index contributed by atoms with van der Waals surface area (Å²) >= 11 is 0. The maximum atomic E-state index is 11.7. The van der Waals surface area contributed by atoms with Gasteiger partial charge in [-0.2, -0.15) is 0 Å². The van der Waals surface area contributed by atoms with Crippen LogP contribution in [0.2, 0.25) is 0 Å². The molecule has 0 fully saturated rings. The molecular weight excluding hydrogens is 298 g/mol. The van der Waals surface area contributed by atoms with Gasteiger partial charge in [-0.15, -0.1) is 0 Å². The van der Waals surface area contributed by atoms with E-state index >= 15 is 0 Å². The highest BCUT2D eigenvalue weighted by atomic mass is 16.5. The first kappa shape index (κ1) is 16.2. The zero-order valence-corrected chi connectivity index (χ0v) is 12.4. The Morgan fingerprint density at radius 2 is 2.00 bits per heavy atom. The predicted octanol–water partition coefficient (Wildman–Crippen LogP) is 1.37. The fraction of sp³-hybridized carbons (Fsp3) is 0.125. The van der Waals surface area contributed by atoms with Crippen LogP contribution in [0.5, 0.6) is 0 Å². The topological polar surface area (TPSA) is 111 Å². The lowest BCUT2D eigenvalue weighted by Crippen LogP contribution is -2.42. The van der Waals surface area contributed by atoms with Gasteiger partial charge in [-0.1, -0.05) is 24.3 Å². The molecule has 1 unspecified atom stereocenters. The van der Waals surface area contributed by atoms with Gasteiger partial charge in [0, 0.05) is 23.2 Å². The van der Waals surface area contributed by atoms with E-state index in [1.807, 2.05) is 35.6 Å². The van der Waals surface area contributed by atoms with E-state index in [-0.39, 0.29) is 0 Å². The highest BCUT2D eigenvalue weighted by Gasteiger charge is 2.17. The first-order chi connectivity index (χ1) is 11.0. The number of esters is 1. The van der Waals surface area contributed by atoms with E-state index in [1.165, 1.54) is 13.0 Å². The Hall–Kier alpha value is -3.22. The number of aromatic nitrogens is 1. The summed E-state index contributed by atoms with van der Waals surface area (Å²) in [6.45, 7) is 1.34. The Balaban J connectivity index is 2.06. The van der Waals surface area contributed by atoms with Crippen LogP contribution in [0.4, 0.5) is 4.79 Å². The molecule has 0 aliphatic rings. The molecule has 0 radical (unpaired) electrons. The van der Waals surface area contributed by atoms with Gasteiger partial charge in [0.2, 0.25) is 0 Å². The number of carbonyl (C=O) groups is 3. The van der Waals surface area contributed by atoms with Crippen LogP contribution in [0.15, 0.2) is 42.6 Å². The van der Waals surface area contributed by atoms with Crippen molar-refractivity contribution in [3.8, 4) is 0 Å². The van der Waals surface area contributed by atoms with Crippen LogP contribution in [0, 0.1) is 0 Å². The van der Waals surface area contributed by atoms with Crippen molar-refractivity contribution >= 4 is 34.9 Å². The molecule has 2 rings (SSSR count). The molecule has 0 spiro atoms. The number of ether oxygens (including phenoxy) is 1. The van der Waals surface area contributed by atoms with Crippen molar-refractivity contribution in [1.82, 2.24) is 10.3 Å². The average molecular weight is 313 g/mol. The zero-order valence-electron chi connectivity index (χ0n) is 12.4. The summed E-state index contributed by atoms with van der Waals surface area (Å²) in [6.07, 6.45) is 3.27. The molecule has 3 amide bonds. The smallest absolute Gasteiger partial charge is 0.331 e. The largest absolute Gasteiger partial charge is 0.449 e. The second-order valence-corrected chi connectivity index (χ2v) is 4.69. The van der Waals surface area contributed by atoms with Gasteiger partial charge in [0.1, 0.15) is 0 Å². The minimum absolute atomic E-state index is 0.718. The number of nitrogens with one attached hydrogen (secondary N) is 1. The molecule has 7 nitrogen and oxygen atoms in total. The minimum atomic E-state index is -1.13. The number of imide groups is 1. The number of para-hydroxylation sites is 1. The van der Waals surface area contributed by atoms with Gasteiger partial charge in [-0.25, -0.2) is 9.59 Å². The number of rotatable bonds is 4. The molecule has 0 saturated carbocycles. The number of amides is 3. The number of pyridine rings is 1. The Bertz CT molecular complexity index is 780. The Kier molecular flexibility index (Phi) is 5.03. The third-order valence-electron chi connectivity index (χ3n) is 2.97. The maximum Gasteiger partial charge on any atom is 0.331 e. The highest BCUT2D eigenvalue weighted by Crippen LogP contribution is 2.17. The van der Waals surface area contributed by atoms with Crippen LogP contribution < -0.4 is 11.1 Å². The monoisotopic (exact) mass is 313 g/mol. The van der Waals surface area contributed by atoms with Gasteiger partial charge in [0.05, 0.1) is 5.52 Å². The molecule has 0 saturated heterocycles. The number of urea groups is 1. The maximum absolute atomic E-state index is 11.7. The summed E-state index contributed by atoms with van der Waals surface area (Å²) in [5, 5.41) is 2.78.